The fraction of sp³-hybridized carbons (Fsp3) is 0.0833. The molecule has 0 atom stereocenters. The molecular formula is C24H19N3O4S. The lowest BCUT2D eigenvalue weighted by molar-refractivity contribution is 0.0923. The lowest BCUT2D eigenvalue weighted by Crippen LogP contribution is -2.34. The van der Waals surface area contributed by atoms with E-state index in [1.54, 1.807) is 60.7 Å². The van der Waals surface area contributed by atoms with E-state index in [-0.39, 0.29) is 16.9 Å². The number of ether oxygens (including phenoxy) is 1. The molecule has 160 valence electrons. The number of para-hydroxylation sites is 1. The van der Waals surface area contributed by atoms with Crippen LogP contribution in [0.15, 0.2) is 66.7 Å². The van der Waals surface area contributed by atoms with Gasteiger partial charge in [0.15, 0.2) is 5.11 Å². The maximum atomic E-state index is 12.7. The quantitative estimate of drug-likeness (QED) is 0.467. The topological polar surface area (TPSA) is 87.7 Å². The third kappa shape index (κ3) is 3.83. The van der Waals surface area contributed by atoms with Gasteiger partial charge < -0.3 is 10.1 Å². The molecule has 8 heteroatoms. The first-order valence-corrected chi connectivity index (χ1v) is 10.2. The molecule has 3 amide bonds. The van der Waals surface area contributed by atoms with E-state index in [1.165, 1.54) is 7.11 Å². The number of carbonyl (C=O) groups is 3. The van der Waals surface area contributed by atoms with E-state index in [2.05, 4.69) is 10.6 Å². The number of thiocarbonyl (C=S) groups is 1. The van der Waals surface area contributed by atoms with E-state index in [0.29, 0.717) is 33.8 Å². The Morgan fingerprint density at radius 2 is 1.59 bits per heavy atom. The lowest BCUT2D eigenvalue weighted by Gasteiger charge is -2.16. The minimum absolute atomic E-state index is 0.0677. The SMILES string of the molecule is COc1c(C)cccc1C(=O)NC(=S)Nc1cccc(N2C(=O)c3ccccc3C2=O)c1. The summed E-state index contributed by atoms with van der Waals surface area (Å²) in [4.78, 5) is 39.2. The van der Waals surface area contributed by atoms with Gasteiger partial charge in [-0.3, -0.25) is 19.7 Å². The Kier molecular flexibility index (Phi) is 5.70. The number of amides is 3. The molecule has 0 saturated heterocycles. The molecule has 1 aliphatic heterocycles. The highest BCUT2D eigenvalue weighted by atomic mass is 32.1. The number of hydrogen-bond acceptors (Lipinski definition) is 5. The van der Waals surface area contributed by atoms with Crippen molar-refractivity contribution in [1.29, 1.82) is 0 Å². The summed E-state index contributed by atoms with van der Waals surface area (Å²) in [6.07, 6.45) is 0. The second-order valence-corrected chi connectivity index (χ2v) is 7.51. The summed E-state index contributed by atoms with van der Waals surface area (Å²) in [5.41, 5.74) is 2.83. The van der Waals surface area contributed by atoms with Gasteiger partial charge in [-0.05, 0) is 61.1 Å². The Morgan fingerprint density at radius 1 is 0.938 bits per heavy atom. The first kappa shape index (κ1) is 21.2. The highest BCUT2D eigenvalue weighted by Gasteiger charge is 2.36. The van der Waals surface area contributed by atoms with Gasteiger partial charge in [-0.15, -0.1) is 0 Å². The van der Waals surface area contributed by atoms with E-state index in [4.69, 9.17) is 17.0 Å². The van der Waals surface area contributed by atoms with Crippen molar-refractivity contribution in [2.24, 2.45) is 0 Å². The van der Waals surface area contributed by atoms with Crippen molar-refractivity contribution in [1.82, 2.24) is 5.32 Å². The van der Waals surface area contributed by atoms with Crippen molar-refractivity contribution in [2.75, 3.05) is 17.3 Å². The van der Waals surface area contributed by atoms with Crippen LogP contribution in [-0.2, 0) is 0 Å². The number of imide groups is 1. The highest BCUT2D eigenvalue weighted by molar-refractivity contribution is 7.80. The van der Waals surface area contributed by atoms with Crippen LogP contribution in [-0.4, -0.2) is 29.9 Å². The number of fused-ring (bicyclic) bond motifs is 1. The third-order valence-corrected chi connectivity index (χ3v) is 5.25. The van der Waals surface area contributed by atoms with Gasteiger partial charge in [0.05, 0.1) is 29.5 Å². The number of nitrogens with zero attached hydrogens (tertiary/aromatic N) is 1. The number of rotatable bonds is 4. The van der Waals surface area contributed by atoms with Crippen LogP contribution in [0, 0.1) is 6.92 Å². The Morgan fingerprint density at radius 3 is 2.25 bits per heavy atom. The molecule has 0 spiro atoms. The first-order chi connectivity index (χ1) is 15.4. The molecule has 0 radical (unpaired) electrons. The Bertz CT molecular complexity index is 1240. The minimum atomic E-state index is -0.417. The molecule has 3 aromatic rings. The predicted molar refractivity (Wildman–Crippen MR) is 125 cm³/mol. The molecule has 7 nitrogen and oxygen atoms in total. The summed E-state index contributed by atoms with van der Waals surface area (Å²) >= 11 is 5.27. The largest absolute Gasteiger partial charge is 0.496 e. The van der Waals surface area contributed by atoms with Crippen molar-refractivity contribution in [3.8, 4) is 5.75 Å². The molecule has 4 rings (SSSR count). The Labute approximate surface area is 190 Å². The Hall–Kier alpha value is -4.04. The number of nitrogens with one attached hydrogen (secondary N) is 2. The summed E-state index contributed by atoms with van der Waals surface area (Å²) < 4.78 is 5.32. The van der Waals surface area contributed by atoms with Crippen LogP contribution in [0.3, 0.4) is 0 Å². The highest BCUT2D eigenvalue weighted by Crippen LogP contribution is 2.29. The van der Waals surface area contributed by atoms with Crippen LogP contribution in [0.2, 0.25) is 0 Å². The molecule has 2 N–H and O–H groups in total. The predicted octanol–water partition coefficient (Wildman–Crippen LogP) is 3.93. The van der Waals surface area contributed by atoms with E-state index >= 15 is 0 Å². The van der Waals surface area contributed by atoms with E-state index in [9.17, 15) is 14.4 Å². The van der Waals surface area contributed by atoms with Crippen LogP contribution in [0.1, 0.15) is 36.6 Å². The zero-order chi connectivity index (χ0) is 22.8. The summed E-state index contributed by atoms with van der Waals surface area (Å²) in [6.45, 7) is 1.84. The monoisotopic (exact) mass is 445 g/mol. The van der Waals surface area contributed by atoms with Gasteiger partial charge in [-0.25, -0.2) is 4.90 Å². The second kappa shape index (κ2) is 8.60. The summed E-state index contributed by atoms with van der Waals surface area (Å²) in [5, 5.41) is 5.61. The van der Waals surface area contributed by atoms with Crippen molar-refractivity contribution < 1.29 is 19.1 Å². The molecule has 1 heterocycles. The Balaban J connectivity index is 1.50. The van der Waals surface area contributed by atoms with Crippen molar-refractivity contribution >= 4 is 46.4 Å². The zero-order valence-electron chi connectivity index (χ0n) is 17.3. The molecule has 0 fully saturated rings. The number of benzene rings is 3. The zero-order valence-corrected chi connectivity index (χ0v) is 18.2. The fourth-order valence-corrected chi connectivity index (χ4v) is 3.79. The third-order valence-electron chi connectivity index (χ3n) is 5.04. The molecule has 1 aliphatic rings. The average molecular weight is 446 g/mol. The molecule has 0 saturated carbocycles. The number of methoxy groups -OCH3 is 1. The summed E-state index contributed by atoms with van der Waals surface area (Å²) in [6, 6.07) is 18.6. The van der Waals surface area contributed by atoms with Gasteiger partial charge in [-0.1, -0.05) is 30.3 Å². The summed E-state index contributed by atoms with van der Waals surface area (Å²) in [7, 11) is 1.50. The van der Waals surface area contributed by atoms with Gasteiger partial charge in [0, 0.05) is 5.69 Å². The second-order valence-electron chi connectivity index (χ2n) is 7.11. The molecule has 32 heavy (non-hydrogen) atoms. The maximum absolute atomic E-state index is 12.7. The van der Waals surface area contributed by atoms with Crippen LogP contribution < -0.4 is 20.3 Å². The van der Waals surface area contributed by atoms with Crippen LogP contribution >= 0.6 is 12.2 Å². The molecule has 0 unspecified atom stereocenters. The van der Waals surface area contributed by atoms with Gasteiger partial charge in [0.1, 0.15) is 5.75 Å². The van der Waals surface area contributed by atoms with Crippen molar-refractivity contribution in [2.45, 2.75) is 6.92 Å². The molecule has 3 aromatic carbocycles. The maximum Gasteiger partial charge on any atom is 0.266 e. The first-order valence-electron chi connectivity index (χ1n) is 9.74. The van der Waals surface area contributed by atoms with Gasteiger partial charge in [-0.2, -0.15) is 0 Å². The average Bonchev–Trinajstić information content (AvgIpc) is 3.04. The number of hydrogen-bond donors (Lipinski definition) is 2. The lowest BCUT2D eigenvalue weighted by atomic mass is 10.1. The standard InChI is InChI=1S/C24H19N3O4S/c1-14-7-5-12-19(20(14)31-2)21(28)26-24(32)25-15-8-6-9-16(13-15)27-22(29)17-10-3-4-11-18(17)23(27)30/h3-13H,1-2H3,(H2,25,26,28,32). The van der Waals surface area contributed by atoms with Crippen LogP contribution in [0.25, 0.3) is 0 Å². The van der Waals surface area contributed by atoms with Gasteiger partial charge in [0.2, 0.25) is 0 Å². The van der Waals surface area contributed by atoms with Crippen LogP contribution in [0.4, 0.5) is 11.4 Å². The van der Waals surface area contributed by atoms with E-state index in [1.807, 2.05) is 13.0 Å². The van der Waals surface area contributed by atoms with Crippen LogP contribution in [0.5, 0.6) is 5.75 Å². The molecule has 0 bridgehead atoms. The molecular weight excluding hydrogens is 426 g/mol. The molecule has 0 aromatic heterocycles. The number of anilines is 2. The van der Waals surface area contributed by atoms with E-state index < -0.39 is 5.91 Å². The smallest absolute Gasteiger partial charge is 0.266 e. The number of aryl methyl sites for hydroxylation is 1. The molecule has 0 aliphatic carbocycles. The minimum Gasteiger partial charge on any atom is -0.496 e. The fourth-order valence-electron chi connectivity index (χ4n) is 3.58. The normalized spacial score (nSPS) is 12.4. The van der Waals surface area contributed by atoms with Gasteiger partial charge >= 0.3 is 0 Å². The number of carbonyl (C=O) groups excluding carboxylic acids is 3. The van der Waals surface area contributed by atoms with Gasteiger partial charge in [0.25, 0.3) is 17.7 Å². The summed E-state index contributed by atoms with van der Waals surface area (Å²) in [5.74, 6) is -0.713. The van der Waals surface area contributed by atoms with Crippen molar-refractivity contribution in [3.63, 3.8) is 0 Å². The van der Waals surface area contributed by atoms with E-state index in [0.717, 1.165) is 10.5 Å². The van der Waals surface area contributed by atoms with Crippen molar-refractivity contribution in [3.05, 3.63) is 89.0 Å².